The number of likely N-dealkylation sites (tertiary alicyclic amines) is 1. The number of carboxylic acid groups (broad SMARTS) is 1. The van der Waals surface area contributed by atoms with Gasteiger partial charge in [0.2, 0.25) is 5.91 Å². The van der Waals surface area contributed by atoms with Crippen LogP contribution in [0.3, 0.4) is 0 Å². The molecule has 5 heteroatoms. The Morgan fingerprint density at radius 3 is 2.74 bits per heavy atom. The number of benzene rings is 1. The van der Waals surface area contributed by atoms with Crippen molar-refractivity contribution in [3.05, 3.63) is 35.5 Å². The van der Waals surface area contributed by atoms with E-state index in [4.69, 9.17) is 5.11 Å². The summed E-state index contributed by atoms with van der Waals surface area (Å²) in [6.07, 6.45) is 4.29. The molecule has 0 spiro atoms. The van der Waals surface area contributed by atoms with E-state index in [0.29, 0.717) is 38.8 Å². The molecule has 1 amide bonds. The number of rotatable bonds is 4. The third-order valence-corrected chi connectivity index (χ3v) is 4.73. The number of aromatic nitrogens is 1. The number of hydrogen-bond acceptors (Lipinski definition) is 2. The predicted molar refractivity (Wildman–Crippen MR) is 88.3 cm³/mol. The molecule has 0 bridgehead atoms. The molecule has 2 N–H and O–H groups in total. The third kappa shape index (κ3) is 3.38. The monoisotopic (exact) mass is 314 g/mol. The topological polar surface area (TPSA) is 73.4 Å². The summed E-state index contributed by atoms with van der Waals surface area (Å²) in [4.78, 5) is 28.4. The van der Waals surface area contributed by atoms with Gasteiger partial charge in [-0.25, -0.2) is 0 Å². The van der Waals surface area contributed by atoms with E-state index in [2.05, 4.69) is 30.1 Å². The molecule has 1 aliphatic heterocycles. The molecule has 0 aliphatic carbocycles. The summed E-state index contributed by atoms with van der Waals surface area (Å²) < 4.78 is 0. The molecule has 2 aromatic rings. The van der Waals surface area contributed by atoms with Crippen LogP contribution in [-0.2, 0) is 16.0 Å². The number of H-pyrrole nitrogens is 1. The molecule has 0 radical (unpaired) electrons. The molecule has 122 valence electrons. The van der Waals surface area contributed by atoms with Crippen LogP contribution in [0.5, 0.6) is 0 Å². The maximum atomic E-state index is 12.3. The number of aliphatic carboxylic acids is 1. The number of piperidine rings is 1. The van der Waals surface area contributed by atoms with Crippen LogP contribution in [0.4, 0.5) is 0 Å². The predicted octanol–water partition coefficient (Wildman–Crippen LogP) is 2.73. The molecule has 2 heterocycles. The minimum atomic E-state index is -0.744. The van der Waals surface area contributed by atoms with E-state index in [1.54, 1.807) is 4.90 Å². The van der Waals surface area contributed by atoms with Crippen molar-refractivity contribution in [1.82, 2.24) is 9.88 Å². The Labute approximate surface area is 135 Å². The Bertz CT molecular complexity index is 727. The van der Waals surface area contributed by atoms with Crippen molar-refractivity contribution < 1.29 is 14.7 Å². The lowest BCUT2D eigenvalue weighted by Crippen LogP contribution is -2.40. The van der Waals surface area contributed by atoms with Crippen LogP contribution in [0, 0.1) is 12.8 Å². The van der Waals surface area contributed by atoms with E-state index in [9.17, 15) is 9.59 Å². The summed E-state index contributed by atoms with van der Waals surface area (Å²) in [5.74, 6) is -0.919. The second kappa shape index (κ2) is 6.44. The average Bonchev–Trinajstić information content (AvgIpc) is 2.95. The quantitative estimate of drug-likeness (QED) is 0.911. The van der Waals surface area contributed by atoms with Crippen molar-refractivity contribution in [1.29, 1.82) is 0 Å². The second-order valence-electron chi connectivity index (χ2n) is 6.36. The van der Waals surface area contributed by atoms with Gasteiger partial charge < -0.3 is 15.0 Å². The number of aromatic amines is 1. The van der Waals surface area contributed by atoms with Gasteiger partial charge in [0.25, 0.3) is 0 Å². The highest BCUT2D eigenvalue weighted by Crippen LogP contribution is 2.22. The molecule has 1 saturated heterocycles. The van der Waals surface area contributed by atoms with Crippen molar-refractivity contribution >= 4 is 22.8 Å². The van der Waals surface area contributed by atoms with Crippen molar-refractivity contribution in [2.75, 3.05) is 13.1 Å². The summed E-state index contributed by atoms with van der Waals surface area (Å²) in [5, 5.41) is 10.2. The standard InChI is InChI=1S/C18H22N2O3/c1-12-2-4-16-15(10-12)14(11-19-16)3-5-17(21)20-8-6-13(7-9-20)18(22)23/h2,4,10-11,13,19H,3,5-9H2,1H3,(H,22,23). The van der Waals surface area contributed by atoms with Gasteiger partial charge in [-0.1, -0.05) is 11.6 Å². The van der Waals surface area contributed by atoms with Crippen molar-refractivity contribution in [2.24, 2.45) is 5.92 Å². The highest BCUT2D eigenvalue weighted by molar-refractivity contribution is 5.85. The summed E-state index contributed by atoms with van der Waals surface area (Å²) >= 11 is 0. The number of nitrogens with zero attached hydrogens (tertiary/aromatic N) is 1. The SMILES string of the molecule is Cc1ccc2[nH]cc(CCC(=O)N3CCC(C(=O)O)CC3)c2c1. The summed E-state index contributed by atoms with van der Waals surface area (Å²) in [7, 11) is 0. The van der Waals surface area contributed by atoms with E-state index >= 15 is 0 Å². The van der Waals surface area contributed by atoms with Crippen LogP contribution < -0.4 is 0 Å². The zero-order valence-corrected chi connectivity index (χ0v) is 13.3. The minimum absolute atomic E-state index is 0.121. The number of fused-ring (bicyclic) bond motifs is 1. The normalized spacial score (nSPS) is 16.0. The molecule has 0 saturated carbocycles. The average molecular weight is 314 g/mol. The lowest BCUT2D eigenvalue weighted by Gasteiger charge is -2.30. The zero-order chi connectivity index (χ0) is 16.4. The van der Waals surface area contributed by atoms with E-state index in [-0.39, 0.29) is 11.8 Å². The number of carbonyl (C=O) groups excluding carboxylic acids is 1. The van der Waals surface area contributed by atoms with E-state index in [0.717, 1.165) is 11.1 Å². The second-order valence-corrected chi connectivity index (χ2v) is 6.36. The Morgan fingerprint density at radius 2 is 2.04 bits per heavy atom. The van der Waals surface area contributed by atoms with Gasteiger partial charge in [0.1, 0.15) is 0 Å². The molecule has 23 heavy (non-hydrogen) atoms. The molecular formula is C18H22N2O3. The number of nitrogens with one attached hydrogen (secondary N) is 1. The van der Waals surface area contributed by atoms with Crippen LogP contribution >= 0.6 is 0 Å². The molecular weight excluding hydrogens is 292 g/mol. The summed E-state index contributed by atoms with van der Waals surface area (Å²) in [6, 6.07) is 6.27. The van der Waals surface area contributed by atoms with Gasteiger partial charge in [0, 0.05) is 36.6 Å². The number of aryl methyl sites for hydroxylation is 2. The first-order valence-corrected chi connectivity index (χ1v) is 8.12. The van der Waals surface area contributed by atoms with Gasteiger partial charge in [-0.15, -0.1) is 0 Å². The fourth-order valence-electron chi connectivity index (χ4n) is 3.27. The van der Waals surface area contributed by atoms with Gasteiger partial charge in [-0.3, -0.25) is 9.59 Å². The van der Waals surface area contributed by atoms with Crippen molar-refractivity contribution in [3.8, 4) is 0 Å². The largest absolute Gasteiger partial charge is 0.481 e. The molecule has 5 nitrogen and oxygen atoms in total. The van der Waals surface area contributed by atoms with Gasteiger partial charge >= 0.3 is 5.97 Å². The first kappa shape index (κ1) is 15.6. The molecule has 1 aromatic heterocycles. The molecule has 1 aromatic carbocycles. The summed E-state index contributed by atoms with van der Waals surface area (Å²) in [5.41, 5.74) is 3.47. The summed E-state index contributed by atoms with van der Waals surface area (Å²) in [6.45, 7) is 3.18. The first-order valence-electron chi connectivity index (χ1n) is 8.12. The molecule has 1 aliphatic rings. The number of carboxylic acids is 1. The Kier molecular flexibility index (Phi) is 4.37. The minimum Gasteiger partial charge on any atom is -0.481 e. The Morgan fingerprint density at radius 1 is 1.30 bits per heavy atom. The molecule has 0 atom stereocenters. The molecule has 3 rings (SSSR count). The van der Waals surface area contributed by atoms with E-state index in [1.807, 2.05) is 6.20 Å². The van der Waals surface area contributed by atoms with Gasteiger partial charge in [-0.05, 0) is 43.9 Å². The van der Waals surface area contributed by atoms with E-state index < -0.39 is 5.97 Å². The fraction of sp³-hybridized carbons (Fsp3) is 0.444. The number of carbonyl (C=O) groups is 2. The van der Waals surface area contributed by atoms with Gasteiger partial charge in [0.05, 0.1) is 5.92 Å². The highest BCUT2D eigenvalue weighted by atomic mass is 16.4. The van der Waals surface area contributed by atoms with Gasteiger partial charge in [0.15, 0.2) is 0 Å². The third-order valence-electron chi connectivity index (χ3n) is 4.73. The number of hydrogen-bond donors (Lipinski definition) is 2. The van der Waals surface area contributed by atoms with Crippen LogP contribution in [0.2, 0.25) is 0 Å². The van der Waals surface area contributed by atoms with Crippen molar-refractivity contribution in [3.63, 3.8) is 0 Å². The van der Waals surface area contributed by atoms with Gasteiger partial charge in [-0.2, -0.15) is 0 Å². The Balaban J connectivity index is 1.58. The van der Waals surface area contributed by atoms with E-state index in [1.165, 1.54) is 10.9 Å². The van der Waals surface area contributed by atoms with Crippen LogP contribution in [-0.4, -0.2) is 40.0 Å². The highest BCUT2D eigenvalue weighted by Gasteiger charge is 2.26. The maximum Gasteiger partial charge on any atom is 0.306 e. The molecule has 0 unspecified atom stereocenters. The molecule has 1 fully saturated rings. The fourth-order valence-corrected chi connectivity index (χ4v) is 3.27. The van der Waals surface area contributed by atoms with Crippen molar-refractivity contribution in [2.45, 2.75) is 32.6 Å². The van der Waals surface area contributed by atoms with Crippen LogP contribution in [0.15, 0.2) is 24.4 Å². The van der Waals surface area contributed by atoms with Crippen LogP contribution in [0.1, 0.15) is 30.4 Å². The zero-order valence-electron chi connectivity index (χ0n) is 13.3. The first-order chi connectivity index (χ1) is 11.0. The van der Waals surface area contributed by atoms with Crippen LogP contribution in [0.25, 0.3) is 10.9 Å². The lowest BCUT2D eigenvalue weighted by atomic mass is 9.96. The lowest BCUT2D eigenvalue weighted by molar-refractivity contribution is -0.145. The number of amides is 1. The Hall–Kier alpha value is -2.30. The maximum absolute atomic E-state index is 12.3. The smallest absolute Gasteiger partial charge is 0.306 e.